The molecule has 0 aromatic rings. The highest BCUT2D eigenvalue weighted by molar-refractivity contribution is 9.09. The molecule has 3 nitrogen and oxygen atoms in total. The molecule has 0 amide bonds. The monoisotopic (exact) mass is 290 g/mol. The first kappa shape index (κ1) is 15.4. The van der Waals surface area contributed by atoms with Crippen LogP contribution in [0.25, 0.3) is 0 Å². The van der Waals surface area contributed by atoms with E-state index in [2.05, 4.69) is 22.5 Å². The van der Waals surface area contributed by atoms with Crippen LogP contribution < -0.4 is 0 Å². The molecule has 0 N–H and O–H groups in total. The maximum Gasteiger partial charge on any atom is 0.334 e. The molecule has 0 aliphatic heterocycles. The zero-order valence-corrected chi connectivity index (χ0v) is 11.5. The second kappa shape index (κ2) is 8.50. The van der Waals surface area contributed by atoms with Crippen LogP contribution >= 0.6 is 15.9 Å². The predicted molar refractivity (Wildman–Crippen MR) is 67.6 cm³/mol. The average Bonchev–Trinajstić information content (AvgIpc) is 2.22. The van der Waals surface area contributed by atoms with Gasteiger partial charge in [0.1, 0.15) is 5.78 Å². The van der Waals surface area contributed by atoms with Gasteiger partial charge in [0.15, 0.2) is 0 Å². The summed E-state index contributed by atoms with van der Waals surface area (Å²) in [5.41, 5.74) is 0.426. The van der Waals surface area contributed by atoms with Gasteiger partial charge in [0, 0.05) is 17.3 Å². The fourth-order valence-electron chi connectivity index (χ4n) is 1.19. The minimum atomic E-state index is -0.351. The molecule has 0 heterocycles. The molecule has 4 heteroatoms. The van der Waals surface area contributed by atoms with E-state index in [0.717, 1.165) is 19.3 Å². The van der Waals surface area contributed by atoms with Crippen LogP contribution in [-0.4, -0.2) is 23.2 Å². The predicted octanol–water partition coefficient (Wildman–Crippen LogP) is 3.02. The van der Waals surface area contributed by atoms with Crippen molar-refractivity contribution >= 4 is 27.7 Å². The number of rotatable bonds is 8. The summed E-state index contributed by atoms with van der Waals surface area (Å²) in [6.45, 7) is 7.02. The lowest BCUT2D eigenvalue weighted by atomic mass is 10.1. The Morgan fingerprint density at radius 2 is 2.00 bits per heavy atom. The number of hydrogen-bond acceptors (Lipinski definition) is 3. The number of esters is 1. The van der Waals surface area contributed by atoms with Crippen LogP contribution in [0.15, 0.2) is 12.2 Å². The lowest BCUT2D eigenvalue weighted by Crippen LogP contribution is -2.16. The molecule has 1 atom stereocenters. The van der Waals surface area contributed by atoms with Gasteiger partial charge in [-0.2, -0.15) is 0 Å². The summed E-state index contributed by atoms with van der Waals surface area (Å²) in [5, 5.41) is 0.433. The van der Waals surface area contributed by atoms with Crippen LogP contribution in [0.1, 0.15) is 39.5 Å². The molecule has 0 saturated carbocycles. The number of halogens is 1. The average molecular weight is 291 g/mol. The van der Waals surface area contributed by atoms with Crippen LogP contribution in [0.3, 0.4) is 0 Å². The van der Waals surface area contributed by atoms with Crippen molar-refractivity contribution in [1.29, 1.82) is 0 Å². The summed E-state index contributed by atoms with van der Waals surface area (Å²) in [4.78, 5) is 22.0. The first-order valence-corrected chi connectivity index (χ1v) is 6.53. The molecule has 0 bridgehead atoms. The third-order valence-electron chi connectivity index (χ3n) is 2.15. The zero-order valence-electron chi connectivity index (χ0n) is 9.92. The molecule has 0 aliphatic rings. The van der Waals surface area contributed by atoms with E-state index in [0.29, 0.717) is 17.3 Å². The van der Waals surface area contributed by atoms with Crippen LogP contribution in [0.2, 0.25) is 0 Å². The molecule has 92 valence electrons. The highest BCUT2D eigenvalue weighted by atomic mass is 79.9. The number of carbonyl (C=O) groups excluding carboxylic acids is 2. The maximum atomic E-state index is 11.3. The third kappa shape index (κ3) is 7.63. The summed E-state index contributed by atoms with van der Waals surface area (Å²) in [5.74, 6) is -0.145. The smallest absolute Gasteiger partial charge is 0.334 e. The molecule has 0 fully saturated rings. The summed E-state index contributed by atoms with van der Waals surface area (Å²) < 4.78 is 5.16. The number of ketones is 1. The van der Waals surface area contributed by atoms with E-state index in [-0.39, 0.29) is 17.9 Å². The number of Topliss-reactive ketones (excluding diaryl/α,β-unsaturated/α-hetero) is 1. The Morgan fingerprint density at radius 3 is 2.50 bits per heavy atom. The topological polar surface area (TPSA) is 43.4 Å². The van der Waals surface area contributed by atoms with Crippen LogP contribution in [0, 0.1) is 0 Å². The SMILES string of the molecule is C=C(CBr)C(=O)OC(C)CCCCC(C)=O. The summed E-state index contributed by atoms with van der Waals surface area (Å²) >= 11 is 3.15. The van der Waals surface area contributed by atoms with Crippen molar-refractivity contribution in [3.05, 3.63) is 12.2 Å². The minimum absolute atomic E-state index is 0.116. The molecule has 0 rings (SSSR count). The third-order valence-corrected chi connectivity index (χ3v) is 2.82. The Morgan fingerprint density at radius 1 is 1.38 bits per heavy atom. The summed E-state index contributed by atoms with van der Waals surface area (Å²) in [6, 6.07) is 0. The molecule has 1 unspecified atom stereocenters. The molecule has 0 aromatic carbocycles. The Bertz CT molecular complexity index is 261. The lowest BCUT2D eigenvalue weighted by molar-refractivity contribution is -0.143. The number of carbonyl (C=O) groups is 2. The summed E-state index contributed by atoms with van der Waals surface area (Å²) in [6.07, 6.45) is 3.03. The Labute approximate surface area is 105 Å². The largest absolute Gasteiger partial charge is 0.459 e. The van der Waals surface area contributed by atoms with Gasteiger partial charge in [0.05, 0.1) is 6.10 Å². The first-order valence-electron chi connectivity index (χ1n) is 5.41. The molecule has 0 aliphatic carbocycles. The maximum absolute atomic E-state index is 11.3. The minimum Gasteiger partial charge on any atom is -0.459 e. The van der Waals surface area contributed by atoms with E-state index >= 15 is 0 Å². The number of ether oxygens (including phenoxy) is 1. The van der Waals surface area contributed by atoms with Gasteiger partial charge >= 0.3 is 5.97 Å². The van der Waals surface area contributed by atoms with Gasteiger partial charge < -0.3 is 9.53 Å². The highest BCUT2D eigenvalue weighted by Gasteiger charge is 2.11. The van der Waals surface area contributed by atoms with Gasteiger partial charge in [0.2, 0.25) is 0 Å². The first-order chi connectivity index (χ1) is 7.47. The van der Waals surface area contributed by atoms with Crippen molar-refractivity contribution in [3.8, 4) is 0 Å². The van der Waals surface area contributed by atoms with E-state index in [4.69, 9.17) is 4.74 Å². The van der Waals surface area contributed by atoms with Crippen molar-refractivity contribution in [1.82, 2.24) is 0 Å². The number of unbranched alkanes of at least 4 members (excludes halogenated alkanes) is 1. The van der Waals surface area contributed by atoms with Gasteiger partial charge in [-0.3, -0.25) is 0 Å². The van der Waals surface area contributed by atoms with Crippen molar-refractivity contribution in [2.75, 3.05) is 5.33 Å². The molecule has 0 aromatic heterocycles. The van der Waals surface area contributed by atoms with Gasteiger partial charge in [-0.1, -0.05) is 22.5 Å². The second-order valence-corrected chi connectivity index (χ2v) is 4.46. The molecular weight excluding hydrogens is 272 g/mol. The molecular formula is C12H19BrO3. The van der Waals surface area contributed by atoms with Crippen molar-refractivity contribution in [3.63, 3.8) is 0 Å². The molecule has 0 radical (unpaired) electrons. The zero-order chi connectivity index (χ0) is 12.6. The fourth-order valence-corrected chi connectivity index (χ4v) is 1.41. The Hall–Kier alpha value is -0.640. The van der Waals surface area contributed by atoms with Crippen molar-refractivity contribution < 1.29 is 14.3 Å². The molecule has 0 spiro atoms. The highest BCUT2D eigenvalue weighted by Crippen LogP contribution is 2.09. The molecule has 0 saturated heterocycles. The van der Waals surface area contributed by atoms with Crippen LogP contribution in [-0.2, 0) is 14.3 Å². The number of hydrogen-bond donors (Lipinski definition) is 0. The quantitative estimate of drug-likeness (QED) is 0.299. The number of alkyl halides is 1. The normalized spacial score (nSPS) is 11.9. The van der Waals surface area contributed by atoms with Gasteiger partial charge in [0.25, 0.3) is 0 Å². The van der Waals surface area contributed by atoms with Gasteiger partial charge in [-0.15, -0.1) is 0 Å². The van der Waals surface area contributed by atoms with Crippen molar-refractivity contribution in [2.45, 2.75) is 45.6 Å². The van der Waals surface area contributed by atoms with Crippen molar-refractivity contribution in [2.24, 2.45) is 0 Å². The van der Waals surface area contributed by atoms with E-state index in [1.807, 2.05) is 6.92 Å². The van der Waals surface area contributed by atoms with E-state index < -0.39 is 0 Å². The molecule has 16 heavy (non-hydrogen) atoms. The van der Waals surface area contributed by atoms with Crippen LogP contribution in [0.5, 0.6) is 0 Å². The van der Waals surface area contributed by atoms with E-state index in [1.54, 1.807) is 6.92 Å². The summed E-state index contributed by atoms with van der Waals surface area (Å²) in [7, 11) is 0. The van der Waals surface area contributed by atoms with E-state index in [9.17, 15) is 9.59 Å². The van der Waals surface area contributed by atoms with Gasteiger partial charge in [-0.05, 0) is 33.1 Å². The standard InChI is InChI=1S/C12H19BrO3/c1-9(8-13)12(15)16-11(3)7-5-4-6-10(2)14/h11H,1,4-8H2,2-3H3. The van der Waals surface area contributed by atoms with E-state index in [1.165, 1.54) is 0 Å². The lowest BCUT2D eigenvalue weighted by Gasteiger charge is -2.13. The second-order valence-electron chi connectivity index (χ2n) is 3.90. The van der Waals surface area contributed by atoms with Gasteiger partial charge in [-0.25, -0.2) is 4.79 Å². The Kier molecular flexibility index (Phi) is 8.16. The fraction of sp³-hybridized carbons (Fsp3) is 0.667. The van der Waals surface area contributed by atoms with Crippen LogP contribution in [0.4, 0.5) is 0 Å². The Balaban J connectivity index is 3.66.